The van der Waals surface area contributed by atoms with Gasteiger partial charge in [-0.1, -0.05) is 0 Å². The van der Waals surface area contributed by atoms with Crippen LogP contribution >= 0.6 is 0 Å². The Morgan fingerprint density at radius 2 is 2.19 bits per heavy atom. The fourth-order valence-electron chi connectivity index (χ4n) is 2.22. The molecular weight excluding hydrogens is 206 g/mol. The van der Waals surface area contributed by atoms with E-state index in [1.165, 1.54) is 0 Å². The van der Waals surface area contributed by atoms with Gasteiger partial charge in [-0.05, 0) is 20.3 Å². The van der Waals surface area contributed by atoms with Crippen LogP contribution in [-0.2, 0) is 9.59 Å². The number of carbonyl (C=O) groups excluding carboxylic acids is 2. The summed E-state index contributed by atoms with van der Waals surface area (Å²) in [6.45, 7) is 7.23. The van der Waals surface area contributed by atoms with Crippen LogP contribution in [-0.4, -0.2) is 53.3 Å². The van der Waals surface area contributed by atoms with Crippen molar-refractivity contribution in [2.75, 3.05) is 19.6 Å². The summed E-state index contributed by atoms with van der Waals surface area (Å²) in [5.74, 6) is 0.0460. The van der Waals surface area contributed by atoms with Gasteiger partial charge < -0.3 is 15.5 Å². The quantitative estimate of drug-likeness (QED) is 0.726. The molecule has 2 N–H and O–H groups in total. The van der Waals surface area contributed by atoms with E-state index in [0.29, 0.717) is 19.6 Å². The van der Waals surface area contributed by atoms with Crippen LogP contribution in [0.25, 0.3) is 0 Å². The van der Waals surface area contributed by atoms with Crippen LogP contribution in [0.4, 0.5) is 0 Å². The van der Waals surface area contributed by atoms with Crippen LogP contribution in [0.15, 0.2) is 0 Å². The van der Waals surface area contributed by atoms with Crippen molar-refractivity contribution in [3.05, 3.63) is 0 Å². The molecule has 92 valence electrons. The van der Waals surface area contributed by atoms with E-state index in [4.69, 9.17) is 5.73 Å². The molecule has 0 aromatic heterocycles. The van der Waals surface area contributed by atoms with E-state index in [1.807, 2.05) is 11.8 Å². The average Bonchev–Trinajstić information content (AvgIpc) is 2.66. The molecule has 2 atom stereocenters. The first-order chi connectivity index (χ1) is 7.47. The molecular formula is C11H21N3O2. The summed E-state index contributed by atoms with van der Waals surface area (Å²) in [7, 11) is 0. The third-order valence-electron chi connectivity index (χ3n) is 3.05. The Morgan fingerprint density at radius 1 is 1.56 bits per heavy atom. The number of nitrogens with two attached hydrogens (primary N) is 1. The number of amides is 2. The van der Waals surface area contributed by atoms with Crippen LogP contribution in [0.3, 0.4) is 0 Å². The molecule has 0 aromatic carbocycles. The number of hydrogen-bond acceptors (Lipinski definition) is 3. The summed E-state index contributed by atoms with van der Waals surface area (Å²) < 4.78 is 0. The summed E-state index contributed by atoms with van der Waals surface area (Å²) in [4.78, 5) is 26.6. The van der Waals surface area contributed by atoms with Gasteiger partial charge in [0.2, 0.25) is 11.8 Å². The highest BCUT2D eigenvalue weighted by molar-refractivity contribution is 5.81. The van der Waals surface area contributed by atoms with Gasteiger partial charge >= 0.3 is 0 Å². The largest absolute Gasteiger partial charge is 0.339 e. The Hall–Kier alpha value is -1.10. The summed E-state index contributed by atoms with van der Waals surface area (Å²) in [6, 6.07) is -0.295. The van der Waals surface area contributed by atoms with Gasteiger partial charge in [0, 0.05) is 26.6 Å². The van der Waals surface area contributed by atoms with Crippen molar-refractivity contribution < 1.29 is 9.59 Å². The van der Waals surface area contributed by atoms with E-state index in [0.717, 1.165) is 6.42 Å². The second-order valence-electron chi connectivity index (χ2n) is 4.32. The minimum atomic E-state index is -0.453. The number of hydrogen-bond donors (Lipinski definition) is 1. The molecule has 1 fully saturated rings. The SMILES string of the molecule is CCN(C(C)=O)C1CCN(C(=O)C(C)N)C1. The van der Waals surface area contributed by atoms with Gasteiger partial charge in [0.1, 0.15) is 0 Å². The number of rotatable bonds is 3. The van der Waals surface area contributed by atoms with Gasteiger partial charge in [-0.3, -0.25) is 9.59 Å². The minimum Gasteiger partial charge on any atom is -0.339 e. The summed E-state index contributed by atoms with van der Waals surface area (Å²) >= 11 is 0. The summed E-state index contributed by atoms with van der Waals surface area (Å²) in [5.41, 5.74) is 5.56. The second-order valence-corrected chi connectivity index (χ2v) is 4.32. The zero-order valence-corrected chi connectivity index (χ0v) is 10.3. The topological polar surface area (TPSA) is 66.6 Å². The molecule has 16 heavy (non-hydrogen) atoms. The van der Waals surface area contributed by atoms with Gasteiger partial charge in [0.15, 0.2) is 0 Å². The Bertz CT molecular complexity index is 278. The van der Waals surface area contributed by atoms with E-state index in [1.54, 1.807) is 18.7 Å². The Kier molecular flexibility index (Phi) is 4.29. The molecule has 0 saturated carbocycles. The van der Waals surface area contributed by atoms with Gasteiger partial charge in [-0.25, -0.2) is 0 Å². The first-order valence-corrected chi connectivity index (χ1v) is 5.79. The van der Waals surface area contributed by atoms with Crippen molar-refractivity contribution in [3.63, 3.8) is 0 Å². The van der Waals surface area contributed by atoms with E-state index >= 15 is 0 Å². The molecule has 1 aliphatic heterocycles. The fourth-order valence-corrected chi connectivity index (χ4v) is 2.22. The fraction of sp³-hybridized carbons (Fsp3) is 0.818. The van der Waals surface area contributed by atoms with Gasteiger partial charge in [0.25, 0.3) is 0 Å². The van der Waals surface area contributed by atoms with Crippen LogP contribution in [0.2, 0.25) is 0 Å². The average molecular weight is 227 g/mol. The molecule has 1 aliphatic rings. The van der Waals surface area contributed by atoms with Crippen molar-refractivity contribution in [2.45, 2.75) is 39.3 Å². The Balaban J connectivity index is 2.58. The van der Waals surface area contributed by atoms with E-state index in [-0.39, 0.29) is 17.9 Å². The first-order valence-electron chi connectivity index (χ1n) is 5.79. The second kappa shape index (κ2) is 5.30. The minimum absolute atomic E-state index is 0.0258. The molecule has 1 saturated heterocycles. The first kappa shape index (κ1) is 13.0. The highest BCUT2D eigenvalue weighted by Crippen LogP contribution is 2.16. The molecule has 1 heterocycles. The third-order valence-corrected chi connectivity index (χ3v) is 3.05. The maximum Gasteiger partial charge on any atom is 0.239 e. The molecule has 5 heteroatoms. The normalized spacial score (nSPS) is 22.0. The molecule has 0 radical (unpaired) electrons. The van der Waals surface area contributed by atoms with Gasteiger partial charge in [-0.2, -0.15) is 0 Å². The Morgan fingerprint density at radius 3 is 2.62 bits per heavy atom. The van der Waals surface area contributed by atoms with Crippen LogP contribution in [0.1, 0.15) is 27.2 Å². The highest BCUT2D eigenvalue weighted by atomic mass is 16.2. The van der Waals surface area contributed by atoms with Crippen molar-refractivity contribution in [3.8, 4) is 0 Å². The van der Waals surface area contributed by atoms with Crippen molar-refractivity contribution >= 4 is 11.8 Å². The zero-order valence-electron chi connectivity index (χ0n) is 10.3. The maximum atomic E-state index is 11.7. The van der Waals surface area contributed by atoms with Crippen LogP contribution in [0, 0.1) is 0 Å². The highest BCUT2D eigenvalue weighted by Gasteiger charge is 2.31. The lowest BCUT2D eigenvalue weighted by Crippen LogP contribution is -2.44. The van der Waals surface area contributed by atoms with Gasteiger partial charge in [-0.15, -0.1) is 0 Å². The molecule has 0 aliphatic carbocycles. The predicted molar refractivity (Wildman–Crippen MR) is 61.7 cm³/mol. The molecule has 0 spiro atoms. The molecule has 0 bridgehead atoms. The van der Waals surface area contributed by atoms with Crippen LogP contribution in [0.5, 0.6) is 0 Å². The molecule has 0 aromatic rings. The Labute approximate surface area is 96.6 Å². The maximum absolute atomic E-state index is 11.7. The lowest BCUT2D eigenvalue weighted by molar-refractivity contribution is -0.134. The lowest BCUT2D eigenvalue weighted by atomic mass is 10.2. The monoisotopic (exact) mass is 227 g/mol. The standard InChI is InChI=1S/C11H21N3O2/c1-4-14(9(3)15)10-5-6-13(7-10)11(16)8(2)12/h8,10H,4-7,12H2,1-3H3. The molecule has 2 unspecified atom stereocenters. The smallest absolute Gasteiger partial charge is 0.239 e. The van der Waals surface area contributed by atoms with Gasteiger partial charge in [0.05, 0.1) is 12.1 Å². The van der Waals surface area contributed by atoms with E-state index < -0.39 is 6.04 Å². The molecule has 5 nitrogen and oxygen atoms in total. The number of carbonyl (C=O) groups is 2. The molecule has 2 amide bonds. The number of likely N-dealkylation sites (N-methyl/N-ethyl adjacent to an activating group) is 1. The summed E-state index contributed by atoms with van der Waals surface area (Å²) in [5, 5.41) is 0. The number of likely N-dealkylation sites (tertiary alicyclic amines) is 1. The number of nitrogens with zero attached hydrogens (tertiary/aromatic N) is 2. The van der Waals surface area contributed by atoms with Crippen molar-refractivity contribution in [1.29, 1.82) is 0 Å². The third kappa shape index (κ3) is 2.72. The summed E-state index contributed by atoms with van der Waals surface area (Å²) in [6.07, 6.45) is 0.853. The van der Waals surface area contributed by atoms with Crippen molar-refractivity contribution in [1.82, 2.24) is 9.80 Å². The predicted octanol–water partition coefficient (Wildman–Crippen LogP) is -0.197. The lowest BCUT2D eigenvalue weighted by Gasteiger charge is -2.27. The van der Waals surface area contributed by atoms with Crippen molar-refractivity contribution in [2.24, 2.45) is 5.73 Å². The van der Waals surface area contributed by atoms with E-state index in [2.05, 4.69) is 0 Å². The van der Waals surface area contributed by atoms with Crippen LogP contribution < -0.4 is 5.73 Å². The van der Waals surface area contributed by atoms with E-state index in [9.17, 15) is 9.59 Å². The molecule has 1 rings (SSSR count). The zero-order chi connectivity index (χ0) is 12.3.